The second kappa shape index (κ2) is 7.98. The molecule has 0 spiro atoms. The Morgan fingerprint density at radius 1 is 1.18 bits per heavy atom. The summed E-state index contributed by atoms with van der Waals surface area (Å²) in [5.41, 5.74) is 3.54. The van der Waals surface area contributed by atoms with Gasteiger partial charge < -0.3 is 14.6 Å². The molecule has 3 aromatic rings. The van der Waals surface area contributed by atoms with Crippen LogP contribution in [0.1, 0.15) is 28.8 Å². The first-order valence-electron chi connectivity index (χ1n) is 9.74. The molecule has 1 unspecified atom stereocenters. The fourth-order valence-electron chi connectivity index (χ4n) is 3.67. The number of likely N-dealkylation sites (N-methyl/N-ethyl adjacent to an activating group) is 1. The van der Waals surface area contributed by atoms with E-state index in [0.29, 0.717) is 23.3 Å². The lowest BCUT2D eigenvalue weighted by molar-refractivity contribution is 0.0698. The van der Waals surface area contributed by atoms with Gasteiger partial charge in [0.15, 0.2) is 5.76 Å². The molecule has 1 aromatic heterocycles. The maximum atomic E-state index is 13.2. The molecule has 2 aromatic carbocycles. The average molecular weight is 375 g/mol. The highest BCUT2D eigenvalue weighted by molar-refractivity contribution is 6.00. The van der Waals surface area contributed by atoms with Gasteiger partial charge >= 0.3 is 0 Å². The largest absolute Gasteiger partial charge is 0.436 e. The normalized spacial score (nSPS) is 16.9. The van der Waals surface area contributed by atoms with E-state index < -0.39 is 0 Å². The second-order valence-corrected chi connectivity index (χ2v) is 7.32. The van der Waals surface area contributed by atoms with Gasteiger partial charge in [-0.25, -0.2) is 4.98 Å². The second-order valence-electron chi connectivity index (χ2n) is 7.32. The molecule has 1 N–H and O–H groups in total. The monoisotopic (exact) mass is 375 g/mol. The van der Waals surface area contributed by atoms with Crippen LogP contribution in [-0.2, 0) is 0 Å². The average Bonchev–Trinajstić information content (AvgIpc) is 3.24. The van der Waals surface area contributed by atoms with Crippen molar-refractivity contribution in [2.75, 3.05) is 20.1 Å². The summed E-state index contributed by atoms with van der Waals surface area (Å²) in [4.78, 5) is 19.6. The summed E-state index contributed by atoms with van der Waals surface area (Å²) in [5.74, 6) is 1.21. The Bertz CT molecular complexity index is 962. The van der Waals surface area contributed by atoms with Crippen LogP contribution in [0.3, 0.4) is 0 Å². The highest BCUT2D eigenvalue weighted by atomic mass is 16.4. The number of nitrogens with zero attached hydrogens (tertiary/aromatic N) is 2. The van der Waals surface area contributed by atoms with E-state index in [2.05, 4.69) is 17.2 Å². The molecule has 1 saturated heterocycles. The first-order chi connectivity index (χ1) is 13.7. The highest BCUT2D eigenvalue weighted by Gasteiger charge is 2.26. The minimum absolute atomic E-state index is 0.0330. The van der Waals surface area contributed by atoms with Crippen molar-refractivity contribution >= 4 is 5.91 Å². The van der Waals surface area contributed by atoms with Gasteiger partial charge in [0.05, 0.1) is 11.8 Å². The van der Waals surface area contributed by atoms with E-state index in [1.54, 1.807) is 6.20 Å². The minimum Gasteiger partial charge on any atom is -0.436 e. The molecule has 1 aliphatic rings. The summed E-state index contributed by atoms with van der Waals surface area (Å²) < 4.78 is 6.02. The number of rotatable bonds is 4. The van der Waals surface area contributed by atoms with Gasteiger partial charge in [-0.3, -0.25) is 4.79 Å². The zero-order chi connectivity index (χ0) is 19.5. The fraction of sp³-hybridized carbons (Fsp3) is 0.304. The van der Waals surface area contributed by atoms with Gasteiger partial charge in [-0.15, -0.1) is 0 Å². The van der Waals surface area contributed by atoms with Gasteiger partial charge in [0.25, 0.3) is 5.91 Å². The van der Waals surface area contributed by atoms with E-state index >= 15 is 0 Å². The number of amides is 1. The Balaban J connectivity index is 1.63. The molecule has 1 amide bonds. The van der Waals surface area contributed by atoms with Gasteiger partial charge in [0, 0.05) is 30.3 Å². The number of carbonyl (C=O) groups excluding carboxylic acids is 1. The van der Waals surface area contributed by atoms with Crippen LogP contribution in [0, 0.1) is 6.92 Å². The SMILES string of the molecule is CNC1CCCN(C(=O)c2ccccc2-c2ncc(-c3ccc(C)cc3)o2)C1. The lowest BCUT2D eigenvalue weighted by Gasteiger charge is -2.32. The summed E-state index contributed by atoms with van der Waals surface area (Å²) in [6.07, 6.45) is 3.83. The van der Waals surface area contributed by atoms with Crippen LogP contribution in [0.15, 0.2) is 59.1 Å². The summed E-state index contributed by atoms with van der Waals surface area (Å²) >= 11 is 0. The Hall–Kier alpha value is -2.92. The quantitative estimate of drug-likeness (QED) is 0.745. The van der Waals surface area contributed by atoms with Crippen molar-refractivity contribution in [2.45, 2.75) is 25.8 Å². The Kier molecular flexibility index (Phi) is 5.26. The van der Waals surface area contributed by atoms with E-state index in [9.17, 15) is 4.79 Å². The molecule has 0 saturated carbocycles. The van der Waals surface area contributed by atoms with E-state index in [0.717, 1.165) is 37.1 Å². The first-order valence-corrected chi connectivity index (χ1v) is 9.74. The predicted molar refractivity (Wildman–Crippen MR) is 110 cm³/mol. The van der Waals surface area contributed by atoms with E-state index in [-0.39, 0.29) is 5.91 Å². The molecule has 2 heterocycles. The maximum Gasteiger partial charge on any atom is 0.254 e. The standard InChI is InChI=1S/C23H25N3O2/c1-16-9-11-17(12-10-16)21-14-25-22(28-21)19-7-3-4-8-20(19)23(27)26-13-5-6-18(15-26)24-2/h3-4,7-12,14,18,24H,5-6,13,15H2,1-2H3. The lowest BCUT2D eigenvalue weighted by Crippen LogP contribution is -2.47. The van der Waals surface area contributed by atoms with Crippen molar-refractivity contribution in [3.05, 3.63) is 65.9 Å². The third-order valence-corrected chi connectivity index (χ3v) is 5.35. The van der Waals surface area contributed by atoms with Crippen LogP contribution in [0.5, 0.6) is 0 Å². The minimum atomic E-state index is 0.0330. The van der Waals surface area contributed by atoms with Gasteiger partial charge in [0.2, 0.25) is 5.89 Å². The number of aromatic nitrogens is 1. The highest BCUT2D eigenvalue weighted by Crippen LogP contribution is 2.29. The van der Waals surface area contributed by atoms with Crippen molar-refractivity contribution in [3.8, 4) is 22.8 Å². The number of hydrogen-bond acceptors (Lipinski definition) is 4. The van der Waals surface area contributed by atoms with E-state index in [1.165, 1.54) is 5.56 Å². The van der Waals surface area contributed by atoms with Crippen LogP contribution in [-0.4, -0.2) is 42.0 Å². The van der Waals surface area contributed by atoms with Crippen molar-refractivity contribution in [1.82, 2.24) is 15.2 Å². The topological polar surface area (TPSA) is 58.4 Å². The molecule has 0 radical (unpaired) electrons. The summed E-state index contributed by atoms with van der Waals surface area (Å²) in [7, 11) is 1.95. The molecule has 1 atom stereocenters. The third-order valence-electron chi connectivity index (χ3n) is 5.35. The van der Waals surface area contributed by atoms with Gasteiger partial charge in [-0.2, -0.15) is 0 Å². The van der Waals surface area contributed by atoms with Gasteiger partial charge in [0.1, 0.15) is 0 Å². The van der Waals surface area contributed by atoms with Crippen LogP contribution >= 0.6 is 0 Å². The van der Waals surface area contributed by atoms with Gasteiger partial charge in [-0.05, 0) is 38.9 Å². The van der Waals surface area contributed by atoms with Crippen LogP contribution < -0.4 is 5.32 Å². The number of hydrogen-bond donors (Lipinski definition) is 1. The molecule has 5 heteroatoms. The molecular formula is C23H25N3O2. The summed E-state index contributed by atoms with van der Waals surface area (Å²) in [5, 5.41) is 3.29. The number of nitrogens with one attached hydrogen (secondary N) is 1. The molecule has 5 nitrogen and oxygen atoms in total. The third kappa shape index (κ3) is 3.71. The molecule has 4 rings (SSSR count). The van der Waals surface area contributed by atoms with Crippen molar-refractivity contribution < 1.29 is 9.21 Å². The zero-order valence-electron chi connectivity index (χ0n) is 16.3. The van der Waals surface area contributed by atoms with Gasteiger partial charge in [-0.1, -0.05) is 42.0 Å². The summed E-state index contributed by atoms with van der Waals surface area (Å²) in [6, 6.07) is 16.0. The lowest BCUT2D eigenvalue weighted by atomic mass is 10.0. The fourth-order valence-corrected chi connectivity index (χ4v) is 3.67. The molecule has 28 heavy (non-hydrogen) atoms. The van der Waals surface area contributed by atoms with Crippen molar-refractivity contribution in [3.63, 3.8) is 0 Å². The van der Waals surface area contributed by atoms with Crippen LogP contribution in [0.4, 0.5) is 0 Å². The van der Waals surface area contributed by atoms with Crippen molar-refractivity contribution in [1.29, 1.82) is 0 Å². The molecule has 1 fully saturated rings. The van der Waals surface area contributed by atoms with E-state index in [1.807, 2.05) is 60.5 Å². The number of oxazole rings is 1. The number of aryl methyl sites for hydroxylation is 1. The predicted octanol–water partition coefficient (Wildman–Crippen LogP) is 4.14. The molecule has 0 bridgehead atoms. The number of likely N-dealkylation sites (tertiary alicyclic amines) is 1. The zero-order valence-corrected chi connectivity index (χ0v) is 16.3. The number of carbonyl (C=O) groups is 1. The number of benzene rings is 2. The summed E-state index contributed by atoms with van der Waals surface area (Å²) in [6.45, 7) is 3.56. The Morgan fingerprint density at radius 3 is 2.75 bits per heavy atom. The maximum absolute atomic E-state index is 13.2. The molecule has 1 aliphatic heterocycles. The van der Waals surface area contributed by atoms with Crippen LogP contribution in [0.25, 0.3) is 22.8 Å². The van der Waals surface area contributed by atoms with Crippen LogP contribution in [0.2, 0.25) is 0 Å². The van der Waals surface area contributed by atoms with E-state index in [4.69, 9.17) is 4.42 Å². The Labute approximate surface area is 165 Å². The molecule has 0 aliphatic carbocycles. The first kappa shape index (κ1) is 18.4. The Morgan fingerprint density at radius 2 is 1.96 bits per heavy atom. The smallest absolute Gasteiger partial charge is 0.254 e. The van der Waals surface area contributed by atoms with Crippen molar-refractivity contribution in [2.24, 2.45) is 0 Å². The molecule has 144 valence electrons. The molecular weight excluding hydrogens is 350 g/mol. The number of piperidine rings is 1.